The number of halogens is 3. The maximum Gasteiger partial charge on any atom is 0.509 e. The average Bonchev–Trinajstić information content (AvgIpc) is 3.55. The fraction of sp³-hybridized carbons (Fsp3) is 0.781. The second kappa shape index (κ2) is 9.32. The molecule has 0 aromatic carbocycles. The summed E-state index contributed by atoms with van der Waals surface area (Å²) in [7, 11) is 0. The molecule has 0 radical (unpaired) electrons. The second-order valence-electron chi connectivity index (χ2n) is 14.8. The van der Waals surface area contributed by atoms with Crippen LogP contribution in [0.2, 0.25) is 0 Å². The molecule has 5 saturated carbocycles. The molecule has 0 aromatic rings. The minimum Gasteiger partial charge on any atom is -0.431 e. The molecule has 42 heavy (non-hydrogen) atoms. The van der Waals surface area contributed by atoms with Gasteiger partial charge in [0, 0.05) is 28.1 Å². The molecule has 6 rings (SSSR count). The summed E-state index contributed by atoms with van der Waals surface area (Å²) in [6.07, 6.45) is 1.10. The lowest BCUT2D eigenvalue weighted by Crippen LogP contribution is -2.71. The van der Waals surface area contributed by atoms with Crippen LogP contribution in [0.5, 0.6) is 0 Å². The van der Waals surface area contributed by atoms with Crippen molar-refractivity contribution in [2.45, 2.75) is 103 Å². The number of hydrogen-bond acceptors (Lipinski definition) is 7. The number of ether oxygens (including phenoxy) is 3. The summed E-state index contributed by atoms with van der Waals surface area (Å²) < 4.78 is 63.6. The van der Waals surface area contributed by atoms with Crippen molar-refractivity contribution in [3.05, 3.63) is 23.8 Å². The monoisotopic (exact) mass is 594 g/mol. The van der Waals surface area contributed by atoms with Gasteiger partial charge in [-0.15, -0.1) is 0 Å². The number of alkyl halides is 3. The molecule has 0 aliphatic heterocycles. The summed E-state index contributed by atoms with van der Waals surface area (Å²) in [6.45, 7) is 7.36. The number of fused-ring (bicyclic) bond motifs is 7. The minimum absolute atomic E-state index is 0.0149. The molecule has 0 amide bonds. The highest BCUT2D eigenvalue weighted by molar-refractivity contribution is 6.01. The van der Waals surface area contributed by atoms with Crippen molar-refractivity contribution < 1.29 is 46.9 Å². The second-order valence-corrected chi connectivity index (χ2v) is 14.8. The summed E-state index contributed by atoms with van der Waals surface area (Å²) in [5.74, 6) is -3.65. The quantitative estimate of drug-likeness (QED) is 0.415. The molecule has 2 bridgehead atoms. The van der Waals surface area contributed by atoms with Gasteiger partial charge in [0.2, 0.25) is 12.5 Å². The molecule has 0 saturated heterocycles. The first-order chi connectivity index (χ1) is 19.6. The summed E-state index contributed by atoms with van der Waals surface area (Å²) in [5.41, 5.74) is -7.83. The van der Waals surface area contributed by atoms with Crippen molar-refractivity contribution >= 4 is 17.9 Å². The van der Waals surface area contributed by atoms with Gasteiger partial charge in [0.15, 0.2) is 11.5 Å². The zero-order valence-electron chi connectivity index (χ0n) is 24.8. The number of aliphatic hydroxyl groups is 1. The Morgan fingerprint density at radius 1 is 1.10 bits per heavy atom. The van der Waals surface area contributed by atoms with E-state index in [1.807, 2.05) is 13.8 Å². The Bertz CT molecular complexity index is 1260. The summed E-state index contributed by atoms with van der Waals surface area (Å²) in [6, 6.07) is 0. The number of carbonyl (C=O) groups is 3. The Kier molecular flexibility index (Phi) is 6.59. The molecule has 10 heteroatoms. The van der Waals surface area contributed by atoms with Crippen molar-refractivity contribution in [1.82, 2.24) is 0 Å². The van der Waals surface area contributed by atoms with Crippen molar-refractivity contribution in [3.63, 3.8) is 0 Å². The number of rotatable bonds is 4. The van der Waals surface area contributed by atoms with E-state index in [2.05, 4.69) is 0 Å². The smallest absolute Gasteiger partial charge is 0.431 e. The number of carbonyl (C=O) groups excluding carboxylic acids is 3. The van der Waals surface area contributed by atoms with Crippen LogP contribution in [-0.2, 0) is 23.8 Å². The van der Waals surface area contributed by atoms with E-state index in [-0.39, 0.29) is 36.2 Å². The van der Waals surface area contributed by atoms with E-state index < -0.39 is 83.0 Å². The SMILES string of the molecule is C[C@@H]1C[C@H]2[C@@H]3C[C@H](F)C4=CC(=O)C=C[C@]4(C)C3(F)[C@@H](O)C[C@]2(C)[C@]1(OC(=O)O[C@@H]1[C@@H]2CC[C@@H](C2)C1(C)C)C(=O)OCF. The zero-order chi connectivity index (χ0) is 30.6. The molecule has 5 fully saturated rings. The molecule has 232 valence electrons. The summed E-state index contributed by atoms with van der Waals surface area (Å²) >= 11 is 0. The maximum absolute atomic E-state index is 17.5. The van der Waals surface area contributed by atoms with Crippen LogP contribution in [0.15, 0.2) is 23.8 Å². The van der Waals surface area contributed by atoms with Crippen LogP contribution >= 0.6 is 0 Å². The van der Waals surface area contributed by atoms with E-state index in [9.17, 15) is 23.9 Å². The van der Waals surface area contributed by atoms with Gasteiger partial charge in [-0.25, -0.2) is 22.8 Å². The van der Waals surface area contributed by atoms with E-state index in [1.165, 1.54) is 19.1 Å². The van der Waals surface area contributed by atoms with Gasteiger partial charge in [0.1, 0.15) is 12.3 Å². The molecule has 1 unspecified atom stereocenters. The van der Waals surface area contributed by atoms with Gasteiger partial charge < -0.3 is 19.3 Å². The highest BCUT2D eigenvalue weighted by atomic mass is 19.1. The Morgan fingerprint density at radius 3 is 2.45 bits per heavy atom. The normalized spacial score (nSPS) is 49.9. The average molecular weight is 595 g/mol. The maximum atomic E-state index is 17.5. The molecule has 0 spiro atoms. The van der Waals surface area contributed by atoms with E-state index in [1.54, 1.807) is 13.8 Å². The molecule has 6 aliphatic carbocycles. The third-order valence-electron chi connectivity index (χ3n) is 12.8. The highest BCUT2D eigenvalue weighted by Gasteiger charge is 2.79. The summed E-state index contributed by atoms with van der Waals surface area (Å²) in [5, 5.41) is 11.6. The van der Waals surface area contributed by atoms with Gasteiger partial charge in [0.05, 0.1) is 6.10 Å². The van der Waals surface area contributed by atoms with E-state index in [0.29, 0.717) is 5.92 Å². The van der Waals surface area contributed by atoms with Crippen LogP contribution in [0, 0.1) is 45.8 Å². The van der Waals surface area contributed by atoms with Gasteiger partial charge in [-0.2, -0.15) is 0 Å². The lowest BCUT2D eigenvalue weighted by molar-refractivity contribution is -0.236. The Labute approximate surface area is 244 Å². The molecular formula is C32H41F3O7. The Hall–Kier alpha value is -2.36. The first kappa shape index (κ1) is 29.7. The van der Waals surface area contributed by atoms with Gasteiger partial charge in [-0.3, -0.25) is 4.79 Å². The van der Waals surface area contributed by atoms with Crippen molar-refractivity contribution in [1.29, 1.82) is 0 Å². The number of hydrogen-bond donors (Lipinski definition) is 1. The van der Waals surface area contributed by atoms with E-state index in [0.717, 1.165) is 25.3 Å². The lowest BCUT2D eigenvalue weighted by Gasteiger charge is -2.62. The molecule has 0 heterocycles. The van der Waals surface area contributed by atoms with Crippen LogP contribution in [0.25, 0.3) is 0 Å². The van der Waals surface area contributed by atoms with Crippen molar-refractivity contribution in [2.24, 2.45) is 45.8 Å². The lowest BCUT2D eigenvalue weighted by atomic mass is 9.44. The molecule has 1 N–H and O–H groups in total. The van der Waals surface area contributed by atoms with Gasteiger partial charge in [-0.1, -0.05) is 33.8 Å². The van der Waals surface area contributed by atoms with Gasteiger partial charge in [0.25, 0.3) is 0 Å². The molecule has 12 atom stereocenters. The van der Waals surface area contributed by atoms with Crippen LogP contribution < -0.4 is 0 Å². The van der Waals surface area contributed by atoms with Gasteiger partial charge in [-0.05, 0) is 80.9 Å². The van der Waals surface area contributed by atoms with Crippen LogP contribution in [-0.4, -0.2) is 59.5 Å². The molecule has 7 nitrogen and oxygen atoms in total. The van der Waals surface area contributed by atoms with Crippen molar-refractivity contribution in [3.8, 4) is 0 Å². The Morgan fingerprint density at radius 2 is 1.81 bits per heavy atom. The Balaban J connectivity index is 1.38. The fourth-order valence-electron chi connectivity index (χ4n) is 10.7. The number of esters is 1. The fourth-order valence-corrected chi connectivity index (χ4v) is 10.7. The van der Waals surface area contributed by atoms with Crippen molar-refractivity contribution in [2.75, 3.05) is 6.86 Å². The van der Waals surface area contributed by atoms with Crippen LogP contribution in [0.3, 0.4) is 0 Å². The van der Waals surface area contributed by atoms with Gasteiger partial charge >= 0.3 is 12.1 Å². The molecule has 0 aromatic heterocycles. The minimum atomic E-state index is -2.38. The number of ketones is 1. The van der Waals surface area contributed by atoms with Crippen LogP contribution in [0.4, 0.5) is 18.0 Å². The molecule has 6 aliphatic rings. The number of aliphatic hydroxyl groups excluding tert-OH is 1. The largest absolute Gasteiger partial charge is 0.509 e. The topological polar surface area (TPSA) is 99.1 Å². The standard InChI is InChI=1S/C32H41F3O7/c1-16-10-20-21-13-23(34)22-12-19(36)8-9-29(22,4)31(21,35)24(37)14-30(20,5)32(16,26(38)40-15-33)42-27(39)41-25-17-6-7-18(11-17)28(25,2)3/h8-9,12,16-18,20-21,23-25,37H,6-7,10-11,13-15H2,1-5H3/t16-,17-,18+,20+,21+,23+,24+,25-,29+,30+,31?,32-/m1/s1. The van der Waals surface area contributed by atoms with Crippen LogP contribution in [0.1, 0.15) is 73.1 Å². The predicted octanol–water partition coefficient (Wildman–Crippen LogP) is 5.74. The van der Waals surface area contributed by atoms with E-state index in [4.69, 9.17) is 14.2 Å². The number of allylic oxidation sites excluding steroid dienone is 4. The molecular weight excluding hydrogens is 553 g/mol. The third kappa shape index (κ3) is 3.53. The van der Waals surface area contributed by atoms with E-state index >= 15 is 8.78 Å². The zero-order valence-corrected chi connectivity index (χ0v) is 24.8. The summed E-state index contributed by atoms with van der Waals surface area (Å²) in [4.78, 5) is 39.4. The highest BCUT2D eigenvalue weighted by Crippen LogP contribution is 2.72. The third-order valence-corrected chi connectivity index (χ3v) is 12.8. The first-order valence-corrected chi connectivity index (χ1v) is 15.2. The first-order valence-electron chi connectivity index (χ1n) is 15.2. The predicted molar refractivity (Wildman–Crippen MR) is 144 cm³/mol.